The highest BCUT2D eigenvalue weighted by Gasteiger charge is 2.33. The molecule has 0 radical (unpaired) electrons. The van der Waals surface area contributed by atoms with Crippen LogP contribution in [0.5, 0.6) is 5.75 Å². The lowest BCUT2D eigenvalue weighted by atomic mass is 9.98. The molecule has 5 heteroatoms. The molecule has 0 saturated carbocycles. The average molecular weight is 346 g/mol. The van der Waals surface area contributed by atoms with E-state index >= 15 is 0 Å². The fourth-order valence-corrected chi connectivity index (χ4v) is 4.13. The summed E-state index contributed by atoms with van der Waals surface area (Å²) in [6.45, 7) is 8.09. The first-order valence-electron chi connectivity index (χ1n) is 9.52. The summed E-state index contributed by atoms with van der Waals surface area (Å²) in [5.74, 6) is 0.0211. The molecule has 3 rings (SSSR count). The number of rotatable bonds is 6. The molecule has 2 saturated heterocycles. The highest BCUT2D eigenvalue weighted by atomic mass is 16.5. The molecule has 0 amide bonds. The van der Waals surface area contributed by atoms with Gasteiger partial charge in [0.2, 0.25) is 0 Å². The number of aliphatic carboxylic acids is 1. The molecule has 2 fully saturated rings. The van der Waals surface area contributed by atoms with Gasteiger partial charge in [-0.1, -0.05) is 12.1 Å². The van der Waals surface area contributed by atoms with Crippen LogP contribution in [0.2, 0.25) is 0 Å². The summed E-state index contributed by atoms with van der Waals surface area (Å²) in [5.41, 5.74) is 0.836. The van der Waals surface area contributed by atoms with E-state index in [1.165, 1.54) is 25.9 Å². The number of benzene rings is 1. The van der Waals surface area contributed by atoms with E-state index in [0.717, 1.165) is 37.2 Å². The molecule has 2 aliphatic rings. The second kappa shape index (κ2) is 8.19. The van der Waals surface area contributed by atoms with Crippen molar-refractivity contribution >= 4 is 5.97 Å². The van der Waals surface area contributed by atoms with Gasteiger partial charge in [-0.25, -0.2) is 0 Å². The number of piperidine rings is 1. The Morgan fingerprint density at radius 2 is 1.68 bits per heavy atom. The minimum absolute atomic E-state index is 0.116. The number of carboxylic acid groups (broad SMARTS) is 1. The molecule has 1 aromatic carbocycles. The van der Waals surface area contributed by atoms with Gasteiger partial charge in [-0.2, -0.15) is 0 Å². The molecule has 0 aliphatic carbocycles. The zero-order valence-electron chi connectivity index (χ0n) is 15.4. The summed E-state index contributed by atoms with van der Waals surface area (Å²) in [5, 5.41) is 9.79. The molecule has 2 heterocycles. The third-order valence-corrected chi connectivity index (χ3v) is 5.32. The van der Waals surface area contributed by atoms with Crippen LogP contribution < -0.4 is 4.74 Å². The topological polar surface area (TPSA) is 53.0 Å². The average Bonchev–Trinajstić information content (AvgIpc) is 3.11. The fourth-order valence-electron chi connectivity index (χ4n) is 4.13. The SMILES string of the molecule is CC(C)Oc1ccc(C(C(=O)O)N2CCC(N3CCCC3)CC2)cc1. The normalized spacial score (nSPS) is 21.6. The smallest absolute Gasteiger partial charge is 0.325 e. The minimum atomic E-state index is -0.767. The second-order valence-electron chi connectivity index (χ2n) is 7.49. The molecule has 2 aliphatic heterocycles. The predicted molar refractivity (Wildman–Crippen MR) is 98.0 cm³/mol. The van der Waals surface area contributed by atoms with Crippen molar-refractivity contribution in [3.8, 4) is 5.75 Å². The number of hydrogen-bond acceptors (Lipinski definition) is 4. The van der Waals surface area contributed by atoms with E-state index in [1.807, 2.05) is 38.1 Å². The van der Waals surface area contributed by atoms with Gasteiger partial charge in [-0.3, -0.25) is 9.69 Å². The van der Waals surface area contributed by atoms with Crippen LogP contribution in [0.15, 0.2) is 24.3 Å². The molecular formula is C20H30N2O3. The van der Waals surface area contributed by atoms with Gasteiger partial charge in [-0.05, 0) is 70.3 Å². The third kappa shape index (κ3) is 4.53. The van der Waals surface area contributed by atoms with E-state index in [0.29, 0.717) is 6.04 Å². The Morgan fingerprint density at radius 1 is 1.08 bits per heavy atom. The van der Waals surface area contributed by atoms with Gasteiger partial charge in [0.15, 0.2) is 0 Å². The van der Waals surface area contributed by atoms with Gasteiger partial charge in [0, 0.05) is 19.1 Å². The lowest BCUT2D eigenvalue weighted by Gasteiger charge is -2.39. The summed E-state index contributed by atoms with van der Waals surface area (Å²) in [4.78, 5) is 16.6. The quantitative estimate of drug-likeness (QED) is 0.857. The highest BCUT2D eigenvalue weighted by Crippen LogP contribution is 2.29. The Bertz CT molecular complexity index is 559. The van der Waals surface area contributed by atoms with Crippen molar-refractivity contribution in [3.05, 3.63) is 29.8 Å². The molecule has 0 aromatic heterocycles. The zero-order chi connectivity index (χ0) is 17.8. The monoisotopic (exact) mass is 346 g/mol. The minimum Gasteiger partial charge on any atom is -0.491 e. The van der Waals surface area contributed by atoms with Gasteiger partial charge < -0.3 is 14.7 Å². The number of carboxylic acids is 1. The molecule has 138 valence electrons. The van der Waals surface area contributed by atoms with Crippen molar-refractivity contribution in [2.45, 2.75) is 57.7 Å². The zero-order valence-corrected chi connectivity index (χ0v) is 15.4. The van der Waals surface area contributed by atoms with Crippen LogP contribution in [0.25, 0.3) is 0 Å². The molecule has 0 bridgehead atoms. The van der Waals surface area contributed by atoms with E-state index < -0.39 is 12.0 Å². The van der Waals surface area contributed by atoms with Gasteiger partial charge in [0.25, 0.3) is 0 Å². The summed E-state index contributed by atoms with van der Waals surface area (Å²) in [6, 6.07) is 7.61. The second-order valence-corrected chi connectivity index (χ2v) is 7.49. The van der Waals surface area contributed by atoms with Crippen LogP contribution in [-0.4, -0.2) is 59.2 Å². The molecular weight excluding hydrogens is 316 g/mol. The van der Waals surface area contributed by atoms with Crippen LogP contribution in [0.3, 0.4) is 0 Å². The maximum absolute atomic E-state index is 11.9. The first-order valence-corrected chi connectivity index (χ1v) is 9.52. The van der Waals surface area contributed by atoms with Gasteiger partial charge in [0.05, 0.1) is 6.10 Å². The van der Waals surface area contributed by atoms with Crippen molar-refractivity contribution < 1.29 is 14.6 Å². The number of nitrogens with zero attached hydrogens (tertiary/aromatic N) is 2. The lowest BCUT2D eigenvalue weighted by molar-refractivity contribution is -0.144. The maximum Gasteiger partial charge on any atom is 0.325 e. The van der Waals surface area contributed by atoms with Crippen LogP contribution in [0, 0.1) is 0 Å². The van der Waals surface area contributed by atoms with E-state index in [1.54, 1.807) is 0 Å². The van der Waals surface area contributed by atoms with Crippen molar-refractivity contribution in [1.29, 1.82) is 0 Å². The van der Waals surface area contributed by atoms with Crippen molar-refractivity contribution in [2.75, 3.05) is 26.2 Å². The number of ether oxygens (including phenoxy) is 1. The maximum atomic E-state index is 11.9. The largest absolute Gasteiger partial charge is 0.491 e. The standard InChI is InChI=1S/C20H30N2O3/c1-15(2)25-18-7-5-16(6-8-18)19(20(23)24)22-13-9-17(10-14-22)21-11-3-4-12-21/h5-8,15,17,19H,3-4,9-14H2,1-2H3,(H,23,24). The molecule has 1 aromatic rings. The third-order valence-electron chi connectivity index (χ3n) is 5.32. The Balaban J connectivity index is 1.64. The summed E-state index contributed by atoms with van der Waals surface area (Å²) < 4.78 is 5.66. The van der Waals surface area contributed by atoms with Crippen LogP contribution in [0.1, 0.15) is 51.1 Å². The van der Waals surface area contributed by atoms with Gasteiger partial charge in [0.1, 0.15) is 11.8 Å². The van der Waals surface area contributed by atoms with E-state index in [4.69, 9.17) is 4.74 Å². The summed E-state index contributed by atoms with van der Waals surface area (Å²) in [7, 11) is 0. The van der Waals surface area contributed by atoms with Crippen LogP contribution >= 0.6 is 0 Å². The lowest BCUT2D eigenvalue weighted by Crippen LogP contribution is -2.46. The van der Waals surface area contributed by atoms with Crippen molar-refractivity contribution in [3.63, 3.8) is 0 Å². The first-order chi connectivity index (χ1) is 12.0. The van der Waals surface area contributed by atoms with Crippen molar-refractivity contribution in [2.24, 2.45) is 0 Å². The number of carbonyl (C=O) groups is 1. The van der Waals surface area contributed by atoms with Crippen molar-refractivity contribution in [1.82, 2.24) is 9.80 Å². The van der Waals surface area contributed by atoms with Gasteiger partial charge in [-0.15, -0.1) is 0 Å². The number of likely N-dealkylation sites (tertiary alicyclic amines) is 2. The van der Waals surface area contributed by atoms with Crippen LogP contribution in [0.4, 0.5) is 0 Å². The molecule has 5 nitrogen and oxygen atoms in total. The molecule has 1 unspecified atom stereocenters. The number of hydrogen-bond donors (Lipinski definition) is 1. The van der Waals surface area contributed by atoms with E-state index in [-0.39, 0.29) is 6.10 Å². The predicted octanol–water partition coefficient (Wildman–Crippen LogP) is 3.16. The molecule has 25 heavy (non-hydrogen) atoms. The van der Waals surface area contributed by atoms with Gasteiger partial charge >= 0.3 is 5.97 Å². The Hall–Kier alpha value is -1.59. The molecule has 0 spiro atoms. The molecule has 1 N–H and O–H groups in total. The summed E-state index contributed by atoms with van der Waals surface area (Å²) in [6.07, 6.45) is 4.87. The Morgan fingerprint density at radius 3 is 2.20 bits per heavy atom. The molecule has 1 atom stereocenters. The van der Waals surface area contributed by atoms with E-state index in [2.05, 4.69) is 9.80 Å². The Kier molecular flexibility index (Phi) is 5.97. The fraction of sp³-hybridized carbons (Fsp3) is 0.650. The first kappa shape index (κ1) is 18.2. The summed E-state index contributed by atoms with van der Waals surface area (Å²) >= 11 is 0. The highest BCUT2D eigenvalue weighted by molar-refractivity contribution is 5.75. The van der Waals surface area contributed by atoms with Crippen LogP contribution in [-0.2, 0) is 4.79 Å². The Labute approximate surface area is 150 Å². The van der Waals surface area contributed by atoms with E-state index in [9.17, 15) is 9.90 Å².